The molecule has 2 atom stereocenters. The summed E-state index contributed by atoms with van der Waals surface area (Å²) in [6.07, 6.45) is 3.21. The third-order valence-electron chi connectivity index (χ3n) is 4.40. The summed E-state index contributed by atoms with van der Waals surface area (Å²) in [5, 5.41) is 6.61. The molecular formula is C17H37IN4O3S. The molecule has 0 saturated carbocycles. The van der Waals surface area contributed by atoms with Crippen molar-refractivity contribution in [3.63, 3.8) is 0 Å². The average Bonchev–Trinajstić information content (AvgIpc) is 2.56. The van der Waals surface area contributed by atoms with E-state index in [-0.39, 0.29) is 41.2 Å². The molecule has 0 radical (unpaired) electrons. The summed E-state index contributed by atoms with van der Waals surface area (Å²) in [6, 6.07) is 0. The third-order valence-corrected chi connectivity index (χ3v) is 5.81. The van der Waals surface area contributed by atoms with Gasteiger partial charge in [-0.15, -0.1) is 24.0 Å². The number of halogens is 1. The molecule has 0 aromatic heterocycles. The fourth-order valence-corrected chi connectivity index (χ4v) is 3.74. The lowest BCUT2D eigenvalue weighted by Gasteiger charge is -2.40. The minimum atomic E-state index is -3.11. The van der Waals surface area contributed by atoms with Gasteiger partial charge in [0.25, 0.3) is 0 Å². The SMILES string of the molecule is CCS(=O)(=O)NCCCNC(=NC)NCC1CCCOC1C(C)(C)C.I. The van der Waals surface area contributed by atoms with Crippen molar-refractivity contribution in [3.05, 3.63) is 0 Å². The summed E-state index contributed by atoms with van der Waals surface area (Å²) in [5.41, 5.74) is 0.125. The van der Waals surface area contributed by atoms with Gasteiger partial charge < -0.3 is 15.4 Å². The van der Waals surface area contributed by atoms with Gasteiger partial charge in [0.15, 0.2) is 5.96 Å². The van der Waals surface area contributed by atoms with Crippen molar-refractivity contribution in [2.45, 2.75) is 53.1 Å². The Morgan fingerprint density at radius 3 is 2.50 bits per heavy atom. The van der Waals surface area contributed by atoms with E-state index in [1.807, 2.05) is 0 Å². The van der Waals surface area contributed by atoms with E-state index in [0.29, 0.717) is 25.4 Å². The normalized spacial score (nSPS) is 21.8. The van der Waals surface area contributed by atoms with Crippen LogP contribution in [0, 0.1) is 11.3 Å². The Bertz CT molecular complexity index is 521. The van der Waals surface area contributed by atoms with Crippen LogP contribution in [0.5, 0.6) is 0 Å². The van der Waals surface area contributed by atoms with E-state index >= 15 is 0 Å². The molecule has 0 aromatic rings. The van der Waals surface area contributed by atoms with Crippen molar-refractivity contribution in [1.82, 2.24) is 15.4 Å². The van der Waals surface area contributed by atoms with Crippen molar-refractivity contribution < 1.29 is 13.2 Å². The van der Waals surface area contributed by atoms with E-state index in [4.69, 9.17) is 4.74 Å². The molecule has 1 aliphatic heterocycles. The van der Waals surface area contributed by atoms with Gasteiger partial charge in [0.2, 0.25) is 10.0 Å². The molecule has 0 bridgehead atoms. The van der Waals surface area contributed by atoms with Gasteiger partial charge in [0.05, 0.1) is 11.9 Å². The van der Waals surface area contributed by atoms with Crippen molar-refractivity contribution in [1.29, 1.82) is 0 Å². The van der Waals surface area contributed by atoms with Crippen LogP contribution >= 0.6 is 24.0 Å². The Morgan fingerprint density at radius 2 is 1.92 bits per heavy atom. The van der Waals surface area contributed by atoms with Gasteiger partial charge in [-0.3, -0.25) is 4.99 Å². The molecule has 0 aliphatic carbocycles. The first-order valence-electron chi connectivity index (χ1n) is 9.23. The molecule has 9 heteroatoms. The fourth-order valence-electron chi connectivity index (χ4n) is 3.08. The van der Waals surface area contributed by atoms with E-state index in [1.165, 1.54) is 0 Å². The highest BCUT2D eigenvalue weighted by Crippen LogP contribution is 2.33. The van der Waals surface area contributed by atoms with Crippen LogP contribution in [0.15, 0.2) is 4.99 Å². The summed E-state index contributed by atoms with van der Waals surface area (Å²) in [7, 11) is -1.36. The van der Waals surface area contributed by atoms with Crippen LogP contribution in [-0.4, -0.2) is 59.5 Å². The number of nitrogens with zero attached hydrogens (tertiary/aromatic N) is 1. The van der Waals surface area contributed by atoms with Crippen LogP contribution in [0.25, 0.3) is 0 Å². The first-order valence-corrected chi connectivity index (χ1v) is 10.9. The zero-order valence-corrected chi connectivity index (χ0v) is 19.9. The molecule has 1 rings (SSSR count). The maximum absolute atomic E-state index is 11.4. The third kappa shape index (κ3) is 9.70. The van der Waals surface area contributed by atoms with E-state index in [2.05, 4.69) is 41.1 Å². The lowest BCUT2D eigenvalue weighted by atomic mass is 9.78. The Hall–Kier alpha value is -0.130. The van der Waals surface area contributed by atoms with Crippen molar-refractivity contribution in [2.24, 2.45) is 16.3 Å². The molecule has 26 heavy (non-hydrogen) atoms. The maximum Gasteiger partial charge on any atom is 0.211 e. The highest BCUT2D eigenvalue weighted by atomic mass is 127. The lowest BCUT2D eigenvalue weighted by molar-refractivity contribution is -0.0835. The lowest BCUT2D eigenvalue weighted by Crippen LogP contribution is -2.47. The number of rotatable bonds is 8. The number of aliphatic imine (C=N–C) groups is 1. The quantitative estimate of drug-likeness (QED) is 0.204. The summed E-state index contributed by atoms with van der Waals surface area (Å²) in [4.78, 5) is 4.24. The summed E-state index contributed by atoms with van der Waals surface area (Å²) in [5.74, 6) is 1.32. The second-order valence-corrected chi connectivity index (χ2v) is 9.69. The summed E-state index contributed by atoms with van der Waals surface area (Å²) >= 11 is 0. The number of hydrogen-bond donors (Lipinski definition) is 3. The Balaban J connectivity index is 0.00000625. The minimum absolute atomic E-state index is 0. The van der Waals surface area contributed by atoms with Gasteiger partial charge in [-0.2, -0.15) is 0 Å². The zero-order chi connectivity index (χ0) is 18.9. The van der Waals surface area contributed by atoms with E-state index in [9.17, 15) is 8.42 Å². The van der Waals surface area contributed by atoms with Crippen LogP contribution in [0.3, 0.4) is 0 Å². The number of sulfonamides is 1. The topological polar surface area (TPSA) is 91.8 Å². The van der Waals surface area contributed by atoms with Gasteiger partial charge in [-0.1, -0.05) is 20.8 Å². The molecule has 0 amide bonds. The molecule has 3 N–H and O–H groups in total. The van der Waals surface area contributed by atoms with Gasteiger partial charge in [-0.05, 0) is 31.6 Å². The van der Waals surface area contributed by atoms with Crippen LogP contribution in [0.4, 0.5) is 0 Å². The maximum atomic E-state index is 11.4. The van der Waals surface area contributed by atoms with E-state index in [1.54, 1.807) is 14.0 Å². The Kier molecular flexibility index (Phi) is 12.3. The smallest absolute Gasteiger partial charge is 0.211 e. The standard InChI is InChI=1S/C17H36N4O3S.HI/c1-6-25(22,23)21-11-8-10-19-16(18-5)20-13-14-9-7-12-24-15(14)17(2,3)4;/h14-15,21H,6-13H2,1-5H3,(H2,18,19,20);1H. The van der Waals surface area contributed by atoms with Gasteiger partial charge >= 0.3 is 0 Å². The molecule has 1 fully saturated rings. The largest absolute Gasteiger partial charge is 0.377 e. The molecule has 7 nitrogen and oxygen atoms in total. The number of hydrogen-bond acceptors (Lipinski definition) is 4. The van der Waals surface area contributed by atoms with Crippen molar-refractivity contribution >= 4 is 40.0 Å². The average molecular weight is 504 g/mol. The predicted molar refractivity (Wildman–Crippen MR) is 119 cm³/mol. The van der Waals surface area contributed by atoms with E-state index < -0.39 is 10.0 Å². The second kappa shape index (κ2) is 12.4. The van der Waals surface area contributed by atoms with Crippen LogP contribution in [-0.2, 0) is 14.8 Å². The highest BCUT2D eigenvalue weighted by molar-refractivity contribution is 14.0. The molecule has 0 spiro atoms. The monoisotopic (exact) mass is 504 g/mol. The minimum Gasteiger partial charge on any atom is -0.377 e. The molecule has 2 unspecified atom stereocenters. The van der Waals surface area contributed by atoms with Crippen LogP contribution in [0.2, 0.25) is 0 Å². The summed E-state index contributed by atoms with van der Waals surface area (Å²) in [6.45, 7) is 11.1. The van der Waals surface area contributed by atoms with Crippen LogP contribution < -0.4 is 15.4 Å². The first-order chi connectivity index (χ1) is 11.7. The zero-order valence-electron chi connectivity index (χ0n) is 16.8. The Morgan fingerprint density at radius 1 is 1.23 bits per heavy atom. The molecule has 1 heterocycles. The highest BCUT2D eigenvalue weighted by Gasteiger charge is 2.35. The molecule has 1 aliphatic rings. The Labute approximate surface area is 176 Å². The molecule has 1 saturated heterocycles. The van der Waals surface area contributed by atoms with Gasteiger partial charge in [0, 0.05) is 39.2 Å². The predicted octanol–water partition coefficient (Wildman–Crippen LogP) is 1.94. The first kappa shape index (κ1) is 25.9. The van der Waals surface area contributed by atoms with Crippen LogP contribution in [0.1, 0.15) is 47.0 Å². The molecular weight excluding hydrogens is 467 g/mol. The second-order valence-electron chi connectivity index (χ2n) is 7.59. The fraction of sp³-hybridized carbons (Fsp3) is 0.941. The van der Waals surface area contributed by atoms with Crippen molar-refractivity contribution in [2.75, 3.05) is 39.0 Å². The number of guanidine groups is 1. The summed E-state index contributed by atoms with van der Waals surface area (Å²) < 4.78 is 31.3. The van der Waals surface area contributed by atoms with Gasteiger partial charge in [0.1, 0.15) is 0 Å². The van der Waals surface area contributed by atoms with E-state index in [0.717, 1.165) is 32.0 Å². The van der Waals surface area contributed by atoms with Crippen molar-refractivity contribution in [3.8, 4) is 0 Å². The number of ether oxygens (including phenoxy) is 1. The molecule has 0 aromatic carbocycles. The number of nitrogens with one attached hydrogen (secondary N) is 3. The molecule has 156 valence electrons. The van der Waals surface area contributed by atoms with Gasteiger partial charge in [-0.25, -0.2) is 13.1 Å².